The number of morpholine rings is 1. The first-order valence-electron chi connectivity index (χ1n) is 8.03. The normalized spacial score (nSPS) is 22.4. The van der Waals surface area contributed by atoms with Gasteiger partial charge in [0.05, 0.1) is 12.1 Å². The second-order valence-electron chi connectivity index (χ2n) is 7.55. The zero-order valence-corrected chi connectivity index (χ0v) is 14.3. The van der Waals surface area contributed by atoms with Gasteiger partial charge >= 0.3 is 6.09 Å². The quantitative estimate of drug-likeness (QED) is 0.743. The van der Waals surface area contributed by atoms with Crippen LogP contribution in [0.4, 0.5) is 4.79 Å². The van der Waals surface area contributed by atoms with E-state index in [1.165, 1.54) is 0 Å². The second kappa shape index (κ2) is 6.07. The minimum absolute atomic E-state index is 0.0511. The monoisotopic (exact) mass is 312 g/mol. The van der Waals surface area contributed by atoms with E-state index in [-0.39, 0.29) is 30.3 Å². The van der Waals surface area contributed by atoms with E-state index in [1.54, 1.807) is 4.90 Å². The van der Waals surface area contributed by atoms with Gasteiger partial charge < -0.3 is 19.3 Å². The molecule has 2 heterocycles. The molecule has 0 aromatic heterocycles. The van der Waals surface area contributed by atoms with Gasteiger partial charge in [-0.1, -0.05) is 0 Å². The molecule has 0 radical (unpaired) electrons. The Labute approximate surface area is 132 Å². The van der Waals surface area contributed by atoms with Crippen molar-refractivity contribution in [3.05, 3.63) is 0 Å². The van der Waals surface area contributed by atoms with Crippen LogP contribution in [0.3, 0.4) is 0 Å². The molecule has 2 aliphatic rings. The van der Waals surface area contributed by atoms with Crippen LogP contribution in [0.2, 0.25) is 0 Å². The van der Waals surface area contributed by atoms with Crippen LogP contribution in [-0.4, -0.2) is 65.3 Å². The molecule has 2 aliphatic heterocycles. The molecule has 0 unspecified atom stereocenters. The Bertz CT molecular complexity index is 434. The predicted molar refractivity (Wildman–Crippen MR) is 82.6 cm³/mol. The number of hydrogen-bond acceptors (Lipinski definition) is 4. The highest BCUT2D eigenvalue weighted by atomic mass is 16.6. The fourth-order valence-corrected chi connectivity index (χ4v) is 2.94. The van der Waals surface area contributed by atoms with Gasteiger partial charge in [-0.15, -0.1) is 0 Å². The van der Waals surface area contributed by atoms with Crippen LogP contribution >= 0.6 is 0 Å². The third-order valence-electron chi connectivity index (χ3n) is 4.23. The zero-order valence-electron chi connectivity index (χ0n) is 14.3. The van der Waals surface area contributed by atoms with Gasteiger partial charge in [0.25, 0.3) is 0 Å². The molecule has 2 saturated heterocycles. The van der Waals surface area contributed by atoms with Crippen molar-refractivity contribution in [1.82, 2.24) is 9.80 Å². The van der Waals surface area contributed by atoms with Gasteiger partial charge in [-0.05, 0) is 47.5 Å². The first kappa shape index (κ1) is 17.1. The van der Waals surface area contributed by atoms with Crippen molar-refractivity contribution in [2.45, 2.75) is 64.7 Å². The van der Waals surface area contributed by atoms with Crippen LogP contribution in [0, 0.1) is 0 Å². The molecule has 0 aromatic carbocycles. The van der Waals surface area contributed by atoms with E-state index < -0.39 is 5.60 Å². The average Bonchev–Trinajstić information content (AvgIpc) is 2.40. The Balaban J connectivity index is 1.94. The van der Waals surface area contributed by atoms with Crippen molar-refractivity contribution in [2.75, 3.05) is 26.2 Å². The number of rotatable bonds is 1. The van der Waals surface area contributed by atoms with Gasteiger partial charge in [0.15, 0.2) is 0 Å². The lowest BCUT2D eigenvalue weighted by atomic mass is 9.89. The van der Waals surface area contributed by atoms with Crippen molar-refractivity contribution >= 4 is 12.0 Å². The number of amides is 2. The minimum atomic E-state index is -0.478. The van der Waals surface area contributed by atoms with Gasteiger partial charge in [-0.25, -0.2) is 4.79 Å². The van der Waals surface area contributed by atoms with Crippen LogP contribution in [0.15, 0.2) is 0 Å². The predicted octanol–water partition coefficient (Wildman–Crippen LogP) is 2.02. The fourth-order valence-electron chi connectivity index (χ4n) is 2.94. The first-order valence-corrected chi connectivity index (χ1v) is 8.03. The molecule has 0 N–H and O–H groups in total. The molecular weight excluding hydrogens is 284 g/mol. The second-order valence-corrected chi connectivity index (χ2v) is 7.55. The Morgan fingerprint density at radius 2 is 1.86 bits per heavy atom. The summed E-state index contributed by atoms with van der Waals surface area (Å²) in [6, 6.07) is 0.178. The Kier molecular flexibility index (Phi) is 4.70. The molecule has 0 atom stereocenters. The van der Waals surface area contributed by atoms with Crippen LogP contribution in [0.5, 0.6) is 0 Å². The van der Waals surface area contributed by atoms with Crippen molar-refractivity contribution < 1.29 is 19.1 Å². The Hall–Kier alpha value is -1.30. The van der Waals surface area contributed by atoms with E-state index in [2.05, 4.69) is 0 Å². The smallest absolute Gasteiger partial charge is 0.410 e. The van der Waals surface area contributed by atoms with E-state index in [1.807, 2.05) is 39.5 Å². The number of hydrogen-bond donors (Lipinski definition) is 0. The molecule has 6 heteroatoms. The Morgan fingerprint density at radius 1 is 1.27 bits per heavy atom. The maximum absolute atomic E-state index is 12.1. The molecular formula is C16H28N2O4. The standard InChI is InChI=1S/C16H28N2O4/c1-12(2)18-11-16(21-10-13(18)19)6-8-17(9-7-16)14(20)22-15(3,4)5/h12H,6-11H2,1-5H3. The molecule has 2 fully saturated rings. The van der Waals surface area contributed by atoms with Gasteiger partial charge in [0, 0.05) is 19.1 Å². The third kappa shape index (κ3) is 3.91. The summed E-state index contributed by atoms with van der Waals surface area (Å²) in [5, 5.41) is 0. The lowest BCUT2D eigenvalue weighted by Crippen LogP contribution is -2.60. The molecule has 0 aliphatic carbocycles. The lowest BCUT2D eigenvalue weighted by molar-refractivity contribution is -0.174. The molecule has 1 spiro atoms. The van der Waals surface area contributed by atoms with E-state index in [9.17, 15) is 9.59 Å². The van der Waals surface area contributed by atoms with Crippen molar-refractivity contribution in [1.29, 1.82) is 0 Å². The van der Waals surface area contributed by atoms with E-state index in [4.69, 9.17) is 9.47 Å². The van der Waals surface area contributed by atoms with Crippen molar-refractivity contribution in [2.24, 2.45) is 0 Å². The van der Waals surface area contributed by atoms with Gasteiger partial charge in [-0.3, -0.25) is 4.79 Å². The van der Waals surface area contributed by atoms with Gasteiger partial charge in [-0.2, -0.15) is 0 Å². The van der Waals surface area contributed by atoms with Crippen LogP contribution in [-0.2, 0) is 14.3 Å². The van der Waals surface area contributed by atoms with Crippen LogP contribution in [0.25, 0.3) is 0 Å². The summed E-state index contributed by atoms with van der Waals surface area (Å²) in [5.41, 5.74) is -0.787. The largest absolute Gasteiger partial charge is 0.444 e. The highest BCUT2D eigenvalue weighted by molar-refractivity contribution is 5.78. The average molecular weight is 312 g/mol. The number of ether oxygens (including phenoxy) is 2. The van der Waals surface area contributed by atoms with E-state index in [0.717, 1.165) is 12.8 Å². The summed E-state index contributed by atoms with van der Waals surface area (Å²) in [5.74, 6) is 0.0511. The van der Waals surface area contributed by atoms with Gasteiger partial charge in [0.1, 0.15) is 12.2 Å². The summed E-state index contributed by atoms with van der Waals surface area (Å²) < 4.78 is 11.3. The van der Waals surface area contributed by atoms with Crippen LogP contribution < -0.4 is 0 Å². The highest BCUT2D eigenvalue weighted by Crippen LogP contribution is 2.31. The minimum Gasteiger partial charge on any atom is -0.444 e. The number of nitrogens with zero attached hydrogens (tertiary/aromatic N) is 2. The maximum Gasteiger partial charge on any atom is 0.410 e. The molecule has 6 nitrogen and oxygen atoms in total. The van der Waals surface area contributed by atoms with Crippen molar-refractivity contribution in [3.8, 4) is 0 Å². The molecule has 0 bridgehead atoms. The number of piperidine rings is 1. The zero-order chi connectivity index (χ0) is 16.5. The molecule has 2 amide bonds. The summed E-state index contributed by atoms with van der Waals surface area (Å²) in [6.45, 7) is 11.6. The number of likely N-dealkylation sites (tertiary alicyclic amines) is 1. The van der Waals surface area contributed by atoms with Gasteiger partial charge in [0.2, 0.25) is 5.91 Å². The summed E-state index contributed by atoms with van der Waals surface area (Å²) in [6.07, 6.45) is 1.21. The third-order valence-corrected chi connectivity index (χ3v) is 4.23. The fraction of sp³-hybridized carbons (Fsp3) is 0.875. The maximum atomic E-state index is 12.1. The summed E-state index contributed by atoms with van der Waals surface area (Å²) in [4.78, 5) is 27.6. The molecule has 126 valence electrons. The van der Waals surface area contributed by atoms with E-state index in [0.29, 0.717) is 19.6 Å². The van der Waals surface area contributed by atoms with Crippen LogP contribution in [0.1, 0.15) is 47.5 Å². The molecule has 22 heavy (non-hydrogen) atoms. The number of carbonyl (C=O) groups excluding carboxylic acids is 2. The number of carbonyl (C=O) groups is 2. The summed E-state index contributed by atoms with van der Waals surface area (Å²) >= 11 is 0. The molecule has 2 rings (SSSR count). The first-order chi connectivity index (χ1) is 10.1. The summed E-state index contributed by atoms with van der Waals surface area (Å²) in [7, 11) is 0. The molecule has 0 saturated carbocycles. The SMILES string of the molecule is CC(C)N1CC2(CCN(C(=O)OC(C)(C)C)CC2)OCC1=O. The Morgan fingerprint density at radius 3 is 2.36 bits per heavy atom. The molecule has 0 aromatic rings. The lowest BCUT2D eigenvalue weighted by Gasteiger charge is -2.48. The highest BCUT2D eigenvalue weighted by Gasteiger charge is 2.44. The topological polar surface area (TPSA) is 59.1 Å². The van der Waals surface area contributed by atoms with E-state index >= 15 is 0 Å². The van der Waals surface area contributed by atoms with Crippen molar-refractivity contribution in [3.63, 3.8) is 0 Å².